The zero-order chi connectivity index (χ0) is 9.54. The van der Waals surface area contributed by atoms with Gasteiger partial charge in [-0.15, -0.1) is 0 Å². The topological polar surface area (TPSA) is 95.2 Å². The fraction of sp³-hybridized carbons (Fsp3) is 1.00. The molecule has 0 amide bonds. The summed E-state index contributed by atoms with van der Waals surface area (Å²) in [5.41, 5.74) is 25.1. The molecule has 0 fully saturated rings. The van der Waals surface area contributed by atoms with Crippen LogP contribution in [0.4, 0.5) is 0 Å². The number of halogens is 2. The Morgan fingerprint density at radius 2 is 0.818 bits per heavy atom. The summed E-state index contributed by atoms with van der Waals surface area (Å²) >= 11 is -0.106. The molecule has 4 N–H and O–H groups in total. The standard InChI is InChI=1S/2C2H6N2.2ClH.Pd/c2*3-1-2-4;;;/h2*3-4H,1-2H2;2*1H;/q2*-2;;;+2/p-2. The van der Waals surface area contributed by atoms with Crippen molar-refractivity contribution < 1.29 is 15.9 Å². The Kier molecular flexibility index (Phi) is 49.8. The first-order valence-electron chi connectivity index (χ1n) is 2.65. The molecule has 0 aromatic heterocycles. The molecular weight excluding hydrogens is 281 g/mol. The second-order valence-corrected chi connectivity index (χ2v) is 3.41. The average Bonchev–Trinajstić information content (AvgIpc) is 2.06. The van der Waals surface area contributed by atoms with Gasteiger partial charge in [0.15, 0.2) is 0 Å². The third kappa shape index (κ3) is 96.2. The minimum absolute atomic E-state index is 0.106. The van der Waals surface area contributed by atoms with Gasteiger partial charge in [-0.1, -0.05) is 0 Å². The Morgan fingerprint density at radius 1 is 0.727 bits per heavy atom. The summed E-state index contributed by atoms with van der Waals surface area (Å²) in [7, 11) is 9.63. The van der Waals surface area contributed by atoms with E-state index in [1.54, 1.807) is 0 Å². The van der Waals surface area contributed by atoms with Gasteiger partial charge in [-0.2, -0.15) is 26.2 Å². The van der Waals surface area contributed by atoms with Crippen molar-refractivity contribution in [2.75, 3.05) is 26.2 Å². The van der Waals surface area contributed by atoms with Crippen molar-refractivity contribution in [2.45, 2.75) is 0 Å². The van der Waals surface area contributed by atoms with Crippen LogP contribution in [-0.4, -0.2) is 26.2 Å². The Hall–Kier alpha value is 1.08. The molecule has 4 nitrogen and oxygen atoms in total. The van der Waals surface area contributed by atoms with E-state index in [2.05, 4.69) is 0 Å². The maximum Gasteiger partial charge on any atom is -0.171 e. The zero-order valence-corrected chi connectivity index (χ0v) is 8.97. The maximum absolute atomic E-state index is 6.26. The molecule has 0 heterocycles. The molecule has 0 bridgehead atoms. The van der Waals surface area contributed by atoms with Gasteiger partial charge in [0.05, 0.1) is 0 Å². The minimum atomic E-state index is -0.106. The molecule has 11 heavy (non-hydrogen) atoms. The number of hydrogen-bond acceptors (Lipinski definition) is 0. The summed E-state index contributed by atoms with van der Waals surface area (Å²) in [5.74, 6) is 0. The van der Waals surface area contributed by atoms with Crippen LogP contribution >= 0.6 is 19.1 Å². The number of hydrogen-bond donors (Lipinski definition) is 0. The molecule has 0 unspecified atom stereocenters. The van der Waals surface area contributed by atoms with Crippen molar-refractivity contribution in [1.82, 2.24) is 0 Å². The molecule has 0 saturated heterocycles. The number of nitrogens with one attached hydrogen (secondary N) is 4. The summed E-state index contributed by atoms with van der Waals surface area (Å²) in [5, 5.41) is 0. The second-order valence-electron chi connectivity index (χ2n) is 1.05. The van der Waals surface area contributed by atoms with Gasteiger partial charge < -0.3 is 22.9 Å². The first kappa shape index (κ1) is 18.0. The SMILES string of the molecule is [Cl][Pd][Cl].[NH-]CC[NH-].[NH-]CC[NH-]. The van der Waals surface area contributed by atoms with Crippen molar-refractivity contribution in [2.24, 2.45) is 0 Å². The van der Waals surface area contributed by atoms with Gasteiger partial charge in [0.1, 0.15) is 0 Å². The Morgan fingerprint density at radius 3 is 0.818 bits per heavy atom. The van der Waals surface area contributed by atoms with Crippen LogP contribution < -0.4 is 0 Å². The number of rotatable bonds is 2. The summed E-state index contributed by atoms with van der Waals surface area (Å²) < 4.78 is 0. The molecule has 0 aliphatic heterocycles. The van der Waals surface area contributed by atoms with Gasteiger partial charge in [0.25, 0.3) is 0 Å². The molecule has 0 aromatic carbocycles. The van der Waals surface area contributed by atoms with Gasteiger partial charge >= 0.3 is 35.0 Å². The maximum atomic E-state index is 6.26. The molecule has 0 atom stereocenters. The molecule has 0 spiro atoms. The first-order chi connectivity index (χ1) is 5.24. The van der Waals surface area contributed by atoms with E-state index in [1.807, 2.05) is 0 Å². The van der Waals surface area contributed by atoms with Crippen molar-refractivity contribution in [3.63, 3.8) is 0 Å². The summed E-state index contributed by atoms with van der Waals surface area (Å²) in [4.78, 5) is 0. The summed E-state index contributed by atoms with van der Waals surface area (Å²) in [6.07, 6.45) is 0. The van der Waals surface area contributed by atoms with Crippen LogP contribution in [0.2, 0.25) is 0 Å². The quantitative estimate of drug-likeness (QED) is 0.696. The molecule has 0 aromatic rings. The van der Waals surface area contributed by atoms with E-state index in [-0.39, 0.29) is 42.1 Å². The van der Waals surface area contributed by atoms with Crippen molar-refractivity contribution >= 4 is 19.1 Å². The zero-order valence-electron chi connectivity index (χ0n) is 5.90. The van der Waals surface area contributed by atoms with Gasteiger partial charge in [-0.25, -0.2) is 0 Å². The van der Waals surface area contributed by atoms with Crippen LogP contribution in [0.25, 0.3) is 22.9 Å². The second kappa shape index (κ2) is 30.5. The van der Waals surface area contributed by atoms with Gasteiger partial charge in [0, 0.05) is 0 Å². The van der Waals surface area contributed by atoms with Crippen LogP contribution in [0.15, 0.2) is 0 Å². The Balaban J connectivity index is -0.0000000886. The predicted octanol–water partition coefficient (Wildman–Crippen LogP) is 3.56. The fourth-order valence-electron chi connectivity index (χ4n) is 0. The van der Waals surface area contributed by atoms with E-state index in [0.29, 0.717) is 0 Å². The molecule has 0 rings (SSSR count). The van der Waals surface area contributed by atoms with Gasteiger partial charge in [-0.05, 0) is 0 Å². The molecule has 0 aliphatic rings. The van der Waals surface area contributed by atoms with Crippen LogP contribution in [0, 0.1) is 0 Å². The van der Waals surface area contributed by atoms with E-state index >= 15 is 0 Å². The predicted molar refractivity (Wildman–Crippen MR) is 48.5 cm³/mol. The first-order valence-corrected chi connectivity index (χ1v) is 6.66. The van der Waals surface area contributed by atoms with E-state index in [1.165, 1.54) is 0 Å². The van der Waals surface area contributed by atoms with Crippen LogP contribution in [-0.2, 0) is 15.9 Å². The third-order valence-corrected chi connectivity index (χ3v) is 0.250. The van der Waals surface area contributed by atoms with E-state index < -0.39 is 0 Å². The van der Waals surface area contributed by atoms with Crippen LogP contribution in [0.3, 0.4) is 0 Å². The smallest absolute Gasteiger partial charge is 0.171 e. The summed E-state index contributed by atoms with van der Waals surface area (Å²) in [6, 6.07) is 0. The van der Waals surface area contributed by atoms with Crippen LogP contribution in [0.5, 0.6) is 0 Å². The summed E-state index contributed by atoms with van der Waals surface area (Å²) in [6.45, 7) is 0.944. The molecule has 0 aliphatic carbocycles. The molecule has 0 saturated carbocycles. The largest absolute Gasteiger partial charge is 0.679 e. The molecule has 7 heteroatoms. The molecule has 0 radical (unpaired) electrons. The Labute approximate surface area is 84.0 Å². The van der Waals surface area contributed by atoms with E-state index in [4.69, 9.17) is 42.0 Å². The van der Waals surface area contributed by atoms with E-state index in [9.17, 15) is 0 Å². The Bertz CT molecular complexity index is 35.3. The molecular formula is C4H12Cl2N4Pd-4. The van der Waals surface area contributed by atoms with Crippen molar-refractivity contribution in [1.29, 1.82) is 0 Å². The third-order valence-electron chi connectivity index (χ3n) is 0.250. The van der Waals surface area contributed by atoms with Crippen LogP contribution in [0.1, 0.15) is 0 Å². The van der Waals surface area contributed by atoms with Gasteiger partial charge in [0.2, 0.25) is 0 Å². The monoisotopic (exact) mass is 292 g/mol. The van der Waals surface area contributed by atoms with Crippen molar-refractivity contribution in [3.8, 4) is 0 Å². The minimum Gasteiger partial charge on any atom is -0.679 e. The van der Waals surface area contributed by atoms with Gasteiger partial charge in [-0.3, -0.25) is 0 Å². The fourth-order valence-corrected chi connectivity index (χ4v) is 0. The van der Waals surface area contributed by atoms with Crippen molar-refractivity contribution in [3.05, 3.63) is 22.9 Å². The van der Waals surface area contributed by atoms with E-state index in [0.717, 1.165) is 0 Å². The molecule has 76 valence electrons. The average molecular weight is 293 g/mol. The normalized spacial score (nSPS) is 7.45.